The smallest absolute Gasteiger partial charge is 0.243 e. The second-order valence-corrected chi connectivity index (χ2v) is 8.79. The van der Waals surface area contributed by atoms with E-state index in [2.05, 4.69) is 5.32 Å². The van der Waals surface area contributed by atoms with Crippen molar-refractivity contribution in [2.45, 2.75) is 24.3 Å². The third-order valence-corrected chi connectivity index (χ3v) is 6.89. The molecule has 1 aromatic carbocycles. The molecule has 2 aromatic rings. The van der Waals surface area contributed by atoms with Crippen LogP contribution in [0.4, 0.5) is 0 Å². The minimum atomic E-state index is -3.48. The van der Waals surface area contributed by atoms with E-state index in [9.17, 15) is 13.2 Å². The number of aryl methyl sites for hydroxylation is 1. The first-order chi connectivity index (χ1) is 12.6. The Morgan fingerprint density at radius 3 is 2.50 bits per heavy atom. The van der Waals surface area contributed by atoms with Crippen LogP contribution >= 0.6 is 11.3 Å². The molecular weight excluding hydrogens is 372 g/mol. The number of rotatable bonds is 7. The van der Waals surface area contributed by atoms with Crippen molar-refractivity contribution in [2.75, 3.05) is 26.3 Å². The van der Waals surface area contributed by atoms with Gasteiger partial charge in [-0.15, -0.1) is 0 Å². The van der Waals surface area contributed by atoms with Gasteiger partial charge in [-0.05, 0) is 46.5 Å². The highest BCUT2D eigenvalue weighted by Crippen LogP contribution is 2.17. The van der Waals surface area contributed by atoms with Gasteiger partial charge in [0.25, 0.3) is 0 Å². The van der Waals surface area contributed by atoms with Gasteiger partial charge >= 0.3 is 0 Å². The summed E-state index contributed by atoms with van der Waals surface area (Å²) in [6.45, 7) is 2.00. The quantitative estimate of drug-likeness (QED) is 0.780. The van der Waals surface area contributed by atoms with Gasteiger partial charge in [-0.2, -0.15) is 15.6 Å². The zero-order chi connectivity index (χ0) is 18.4. The maximum atomic E-state index is 12.6. The van der Waals surface area contributed by atoms with Crippen LogP contribution in [0.2, 0.25) is 0 Å². The molecule has 2 heterocycles. The number of amides is 1. The van der Waals surface area contributed by atoms with Crippen molar-refractivity contribution < 1.29 is 17.9 Å². The third-order valence-electron chi connectivity index (χ3n) is 4.24. The average molecular weight is 395 g/mol. The highest BCUT2D eigenvalue weighted by atomic mass is 32.2. The van der Waals surface area contributed by atoms with E-state index in [1.54, 1.807) is 35.6 Å². The zero-order valence-corrected chi connectivity index (χ0v) is 16.0. The van der Waals surface area contributed by atoms with Crippen LogP contribution in [-0.2, 0) is 32.5 Å². The Morgan fingerprint density at radius 2 is 1.85 bits per heavy atom. The van der Waals surface area contributed by atoms with E-state index >= 15 is 0 Å². The summed E-state index contributed by atoms with van der Waals surface area (Å²) >= 11 is 1.62. The molecular formula is C18H22N2O4S2. The van der Waals surface area contributed by atoms with Crippen molar-refractivity contribution in [1.82, 2.24) is 9.62 Å². The van der Waals surface area contributed by atoms with E-state index in [1.165, 1.54) is 9.87 Å². The maximum absolute atomic E-state index is 12.6. The monoisotopic (exact) mass is 394 g/mol. The molecule has 6 nitrogen and oxygen atoms in total. The summed E-state index contributed by atoms with van der Waals surface area (Å²) in [5.74, 6) is -0.0128. The maximum Gasteiger partial charge on any atom is 0.243 e. The minimum Gasteiger partial charge on any atom is -0.379 e. The summed E-state index contributed by atoms with van der Waals surface area (Å²) in [4.78, 5) is 12.2. The molecule has 8 heteroatoms. The summed E-state index contributed by atoms with van der Waals surface area (Å²) in [5, 5.41) is 6.91. The summed E-state index contributed by atoms with van der Waals surface area (Å²) in [7, 11) is -3.48. The summed E-state index contributed by atoms with van der Waals surface area (Å²) < 4.78 is 31.8. The van der Waals surface area contributed by atoms with Gasteiger partial charge in [-0.25, -0.2) is 8.42 Å². The van der Waals surface area contributed by atoms with Crippen LogP contribution in [0.25, 0.3) is 0 Å². The van der Waals surface area contributed by atoms with Crippen LogP contribution in [0.1, 0.15) is 17.5 Å². The molecule has 0 saturated carbocycles. The Bertz CT molecular complexity index is 811. The number of sulfonamides is 1. The van der Waals surface area contributed by atoms with Gasteiger partial charge in [0.2, 0.25) is 15.9 Å². The van der Waals surface area contributed by atoms with Gasteiger partial charge in [0.05, 0.1) is 18.1 Å². The number of hydrogen-bond donors (Lipinski definition) is 1. The first-order valence-electron chi connectivity index (χ1n) is 8.50. The fraction of sp³-hybridized carbons (Fsp3) is 0.389. The number of nitrogens with one attached hydrogen (secondary N) is 1. The Kier molecular flexibility index (Phi) is 6.42. The van der Waals surface area contributed by atoms with Crippen molar-refractivity contribution in [3.8, 4) is 0 Å². The van der Waals surface area contributed by atoms with E-state index in [0.29, 0.717) is 39.3 Å². The van der Waals surface area contributed by atoms with E-state index in [1.807, 2.05) is 16.8 Å². The second-order valence-electron chi connectivity index (χ2n) is 6.07. The fourth-order valence-corrected chi connectivity index (χ4v) is 4.81. The summed E-state index contributed by atoms with van der Waals surface area (Å²) in [6.07, 6.45) is 1.17. The normalized spacial score (nSPS) is 15.7. The molecule has 3 rings (SSSR count). The molecule has 1 aliphatic rings. The molecule has 1 aromatic heterocycles. The van der Waals surface area contributed by atoms with Crippen LogP contribution in [0.15, 0.2) is 46.0 Å². The van der Waals surface area contributed by atoms with Gasteiger partial charge < -0.3 is 10.1 Å². The fourth-order valence-electron chi connectivity index (χ4n) is 2.70. The molecule has 1 amide bonds. The van der Waals surface area contributed by atoms with Gasteiger partial charge in [0, 0.05) is 26.1 Å². The van der Waals surface area contributed by atoms with Crippen LogP contribution in [-0.4, -0.2) is 44.9 Å². The largest absolute Gasteiger partial charge is 0.379 e. The van der Waals surface area contributed by atoms with Crippen LogP contribution in [0, 0.1) is 0 Å². The van der Waals surface area contributed by atoms with E-state index in [-0.39, 0.29) is 10.8 Å². The summed E-state index contributed by atoms with van der Waals surface area (Å²) in [6, 6.07) is 8.69. The summed E-state index contributed by atoms with van der Waals surface area (Å²) in [5.41, 5.74) is 2.04. The van der Waals surface area contributed by atoms with Crippen molar-refractivity contribution in [1.29, 1.82) is 0 Å². The average Bonchev–Trinajstić information content (AvgIpc) is 3.19. The Balaban J connectivity index is 1.51. The Labute approximate surface area is 157 Å². The van der Waals surface area contributed by atoms with Crippen molar-refractivity contribution >= 4 is 27.3 Å². The topological polar surface area (TPSA) is 75.7 Å². The van der Waals surface area contributed by atoms with Gasteiger partial charge in [-0.3, -0.25) is 4.79 Å². The standard InChI is InChI=1S/C18H22N2O4S2/c21-18(6-3-16-7-12-25-14-16)19-13-15-1-4-17(5-2-15)26(22,23)20-8-10-24-11-9-20/h1-2,4-5,7,12,14H,3,6,8-11,13H2,(H,19,21). The molecule has 0 aliphatic carbocycles. The van der Waals surface area contributed by atoms with E-state index < -0.39 is 10.0 Å². The molecule has 0 bridgehead atoms. The first-order valence-corrected chi connectivity index (χ1v) is 10.9. The predicted octanol–water partition coefficient (Wildman–Crippen LogP) is 2.02. The highest BCUT2D eigenvalue weighted by Gasteiger charge is 2.26. The Morgan fingerprint density at radius 1 is 1.12 bits per heavy atom. The number of morpholine rings is 1. The number of benzene rings is 1. The molecule has 0 spiro atoms. The van der Waals surface area contributed by atoms with Crippen molar-refractivity contribution in [3.63, 3.8) is 0 Å². The van der Waals surface area contributed by atoms with Gasteiger partial charge in [0.1, 0.15) is 0 Å². The van der Waals surface area contributed by atoms with Crippen molar-refractivity contribution in [2.24, 2.45) is 0 Å². The minimum absolute atomic E-state index is 0.0128. The number of thiophene rings is 1. The SMILES string of the molecule is O=C(CCc1ccsc1)NCc1ccc(S(=O)(=O)N2CCOCC2)cc1. The molecule has 1 N–H and O–H groups in total. The van der Waals surface area contributed by atoms with Crippen molar-refractivity contribution in [3.05, 3.63) is 52.2 Å². The van der Waals surface area contributed by atoms with E-state index in [0.717, 1.165) is 12.0 Å². The number of ether oxygens (including phenoxy) is 1. The lowest BCUT2D eigenvalue weighted by atomic mass is 10.2. The molecule has 1 aliphatic heterocycles. The molecule has 0 radical (unpaired) electrons. The van der Waals surface area contributed by atoms with Gasteiger partial charge in [-0.1, -0.05) is 12.1 Å². The lowest BCUT2D eigenvalue weighted by Crippen LogP contribution is -2.40. The second kappa shape index (κ2) is 8.77. The van der Waals surface area contributed by atoms with Crippen LogP contribution < -0.4 is 5.32 Å². The molecule has 0 atom stereocenters. The molecule has 1 fully saturated rings. The number of carbonyl (C=O) groups excluding carboxylic acids is 1. The predicted molar refractivity (Wildman–Crippen MR) is 101 cm³/mol. The third kappa shape index (κ3) is 4.91. The Hall–Kier alpha value is -1.74. The first kappa shape index (κ1) is 19.0. The lowest BCUT2D eigenvalue weighted by molar-refractivity contribution is -0.121. The lowest BCUT2D eigenvalue weighted by Gasteiger charge is -2.26. The number of nitrogens with zero attached hydrogens (tertiary/aromatic N) is 1. The zero-order valence-electron chi connectivity index (χ0n) is 14.4. The number of carbonyl (C=O) groups is 1. The highest BCUT2D eigenvalue weighted by molar-refractivity contribution is 7.89. The molecule has 1 saturated heterocycles. The van der Waals surface area contributed by atoms with Crippen LogP contribution in [0.5, 0.6) is 0 Å². The van der Waals surface area contributed by atoms with Gasteiger partial charge in [0.15, 0.2) is 0 Å². The molecule has 0 unspecified atom stereocenters. The molecule has 140 valence electrons. The van der Waals surface area contributed by atoms with Crippen LogP contribution in [0.3, 0.4) is 0 Å². The number of hydrogen-bond acceptors (Lipinski definition) is 5. The van der Waals surface area contributed by atoms with E-state index in [4.69, 9.17) is 4.74 Å². The molecule has 26 heavy (non-hydrogen) atoms.